The zero-order chi connectivity index (χ0) is 9.84. The van der Waals surface area contributed by atoms with E-state index in [9.17, 15) is 9.59 Å². The predicted molar refractivity (Wildman–Crippen MR) is 46.3 cm³/mol. The highest BCUT2D eigenvalue weighted by molar-refractivity contribution is 5.83. The fraction of sp³-hybridized carbons (Fsp3) is 0.286. The van der Waals surface area contributed by atoms with Gasteiger partial charge in [0, 0.05) is 18.2 Å². The molecule has 6 nitrogen and oxygen atoms in total. The molecule has 3 N–H and O–H groups in total. The highest BCUT2D eigenvalue weighted by atomic mass is 16.4. The summed E-state index contributed by atoms with van der Waals surface area (Å²) < 4.78 is 0. The number of hydrogen-bond acceptors (Lipinski definition) is 4. The summed E-state index contributed by atoms with van der Waals surface area (Å²) in [4.78, 5) is 26.0. The van der Waals surface area contributed by atoms with Crippen LogP contribution in [0.5, 0.6) is 0 Å². The van der Waals surface area contributed by atoms with Gasteiger partial charge in [0.05, 0.1) is 5.71 Å². The molecule has 0 aromatic carbocycles. The third-order valence-electron chi connectivity index (χ3n) is 1.43. The number of aromatic amines is 2. The first-order chi connectivity index (χ1) is 6.11. The highest BCUT2D eigenvalue weighted by Crippen LogP contribution is 1.90. The van der Waals surface area contributed by atoms with Gasteiger partial charge in [-0.1, -0.05) is 5.16 Å². The van der Waals surface area contributed by atoms with E-state index in [1.165, 1.54) is 6.07 Å². The molecule has 0 fully saturated rings. The number of aromatic nitrogens is 2. The molecule has 0 unspecified atom stereocenters. The minimum Gasteiger partial charge on any atom is -0.411 e. The average molecular weight is 183 g/mol. The predicted octanol–water partition coefficient (Wildman–Crippen LogP) is -0.544. The van der Waals surface area contributed by atoms with Crippen molar-refractivity contribution in [2.24, 2.45) is 5.16 Å². The fourth-order valence-corrected chi connectivity index (χ4v) is 0.926. The van der Waals surface area contributed by atoms with Crippen LogP contribution in [0, 0.1) is 0 Å². The van der Waals surface area contributed by atoms with Crippen LogP contribution in [0.3, 0.4) is 0 Å². The molecular formula is C7H9N3O3. The van der Waals surface area contributed by atoms with Gasteiger partial charge in [-0.25, -0.2) is 4.79 Å². The molecule has 0 radical (unpaired) electrons. The number of oxime groups is 1. The summed E-state index contributed by atoms with van der Waals surface area (Å²) in [5.41, 5.74) is -0.192. The standard InChI is InChI=1S/C7H9N3O3/c1-4(10-13)2-5-3-6(11)9-7(12)8-5/h3,13H,2H2,1H3,(H2,8,9,11,12). The maximum absolute atomic E-state index is 10.8. The van der Waals surface area contributed by atoms with Crippen LogP contribution in [0.1, 0.15) is 12.6 Å². The Hall–Kier alpha value is -1.85. The Bertz CT molecular complexity index is 401. The van der Waals surface area contributed by atoms with Crippen LogP contribution in [0.4, 0.5) is 0 Å². The maximum Gasteiger partial charge on any atom is 0.325 e. The van der Waals surface area contributed by atoms with E-state index in [-0.39, 0.29) is 6.42 Å². The molecular weight excluding hydrogens is 174 g/mol. The van der Waals surface area contributed by atoms with Gasteiger partial charge in [-0.05, 0) is 6.92 Å². The summed E-state index contributed by atoms with van der Waals surface area (Å²) in [5, 5.41) is 11.3. The van der Waals surface area contributed by atoms with Gasteiger partial charge in [-0.3, -0.25) is 9.78 Å². The zero-order valence-corrected chi connectivity index (χ0v) is 7.00. The molecule has 0 bridgehead atoms. The van der Waals surface area contributed by atoms with Crippen molar-refractivity contribution in [1.82, 2.24) is 9.97 Å². The molecule has 0 aliphatic carbocycles. The largest absolute Gasteiger partial charge is 0.411 e. The second-order valence-corrected chi connectivity index (χ2v) is 2.63. The van der Waals surface area contributed by atoms with Gasteiger partial charge in [-0.2, -0.15) is 0 Å². The smallest absolute Gasteiger partial charge is 0.325 e. The first kappa shape index (κ1) is 9.24. The Morgan fingerprint density at radius 1 is 1.54 bits per heavy atom. The van der Waals surface area contributed by atoms with E-state index in [2.05, 4.69) is 10.1 Å². The lowest BCUT2D eigenvalue weighted by molar-refractivity contribution is 0.317. The van der Waals surface area contributed by atoms with Crippen LogP contribution < -0.4 is 11.2 Å². The minimum absolute atomic E-state index is 0.246. The van der Waals surface area contributed by atoms with Crippen LogP contribution in [-0.2, 0) is 6.42 Å². The first-order valence-corrected chi connectivity index (χ1v) is 3.62. The Kier molecular flexibility index (Phi) is 2.63. The molecule has 1 aromatic rings. The summed E-state index contributed by atoms with van der Waals surface area (Å²) >= 11 is 0. The van der Waals surface area contributed by atoms with E-state index < -0.39 is 11.2 Å². The Morgan fingerprint density at radius 2 is 2.23 bits per heavy atom. The van der Waals surface area contributed by atoms with Crippen LogP contribution in [0.15, 0.2) is 20.8 Å². The second kappa shape index (κ2) is 3.70. The maximum atomic E-state index is 10.8. The lowest BCUT2D eigenvalue weighted by atomic mass is 10.2. The molecule has 1 heterocycles. The summed E-state index contributed by atoms with van der Waals surface area (Å²) in [6, 6.07) is 1.25. The number of hydrogen-bond donors (Lipinski definition) is 3. The number of rotatable bonds is 2. The molecule has 0 saturated carbocycles. The van der Waals surface area contributed by atoms with Gasteiger partial charge in [0.1, 0.15) is 0 Å². The van der Waals surface area contributed by atoms with E-state index >= 15 is 0 Å². The van der Waals surface area contributed by atoms with Crippen molar-refractivity contribution < 1.29 is 5.21 Å². The van der Waals surface area contributed by atoms with Crippen molar-refractivity contribution in [3.05, 3.63) is 32.6 Å². The average Bonchev–Trinajstić information content (AvgIpc) is 2.02. The molecule has 1 rings (SSSR count). The summed E-state index contributed by atoms with van der Waals surface area (Å²) in [6.45, 7) is 1.58. The Labute approximate surface area is 72.9 Å². The Morgan fingerprint density at radius 3 is 2.77 bits per heavy atom. The SMILES string of the molecule is CC(Cc1cc(=O)[nH]c(=O)[nH]1)=NO. The molecule has 13 heavy (non-hydrogen) atoms. The van der Waals surface area contributed by atoms with Crippen LogP contribution in [0.25, 0.3) is 0 Å². The van der Waals surface area contributed by atoms with E-state index in [1.54, 1.807) is 6.92 Å². The van der Waals surface area contributed by atoms with E-state index in [0.29, 0.717) is 11.4 Å². The van der Waals surface area contributed by atoms with Gasteiger partial charge >= 0.3 is 5.69 Å². The van der Waals surface area contributed by atoms with Crippen LogP contribution >= 0.6 is 0 Å². The normalized spacial score (nSPS) is 11.6. The topological polar surface area (TPSA) is 98.3 Å². The molecule has 0 atom stereocenters. The van der Waals surface area contributed by atoms with Gasteiger partial charge in [0.15, 0.2) is 0 Å². The monoisotopic (exact) mass is 183 g/mol. The highest BCUT2D eigenvalue weighted by Gasteiger charge is 1.98. The first-order valence-electron chi connectivity index (χ1n) is 3.62. The molecule has 0 amide bonds. The number of nitrogens with one attached hydrogen (secondary N) is 2. The van der Waals surface area contributed by atoms with E-state index in [1.807, 2.05) is 4.98 Å². The van der Waals surface area contributed by atoms with Crippen molar-refractivity contribution in [2.75, 3.05) is 0 Å². The van der Waals surface area contributed by atoms with Gasteiger partial charge < -0.3 is 10.2 Å². The lowest BCUT2D eigenvalue weighted by Crippen LogP contribution is -2.23. The van der Waals surface area contributed by atoms with E-state index in [4.69, 9.17) is 5.21 Å². The zero-order valence-electron chi connectivity index (χ0n) is 7.00. The Balaban J connectivity index is 3.03. The molecule has 0 spiro atoms. The van der Waals surface area contributed by atoms with Crippen molar-refractivity contribution >= 4 is 5.71 Å². The molecule has 0 aliphatic heterocycles. The fourth-order valence-electron chi connectivity index (χ4n) is 0.926. The summed E-state index contributed by atoms with van der Waals surface area (Å²) in [6.07, 6.45) is 0.246. The number of nitrogens with zero attached hydrogens (tertiary/aromatic N) is 1. The summed E-state index contributed by atoms with van der Waals surface area (Å²) in [5.74, 6) is 0. The van der Waals surface area contributed by atoms with Gasteiger partial charge in [-0.15, -0.1) is 0 Å². The third kappa shape index (κ3) is 2.58. The summed E-state index contributed by atoms with van der Waals surface area (Å²) in [7, 11) is 0. The third-order valence-corrected chi connectivity index (χ3v) is 1.43. The van der Waals surface area contributed by atoms with Crippen molar-refractivity contribution in [3.8, 4) is 0 Å². The minimum atomic E-state index is -0.562. The van der Waals surface area contributed by atoms with Gasteiger partial charge in [0.25, 0.3) is 5.56 Å². The lowest BCUT2D eigenvalue weighted by Gasteiger charge is -1.96. The quantitative estimate of drug-likeness (QED) is 0.326. The van der Waals surface area contributed by atoms with Crippen LogP contribution in [0.2, 0.25) is 0 Å². The second-order valence-electron chi connectivity index (χ2n) is 2.63. The van der Waals surface area contributed by atoms with Crippen molar-refractivity contribution in [3.63, 3.8) is 0 Å². The van der Waals surface area contributed by atoms with E-state index in [0.717, 1.165) is 0 Å². The molecule has 0 aliphatic rings. The number of H-pyrrole nitrogens is 2. The van der Waals surface area contributed by atoms with Crippen molar-refractivity contribution in [2.45, 2.75) is 13.3 Å². The molecule has 6 heteroatoms. The molecule has 70 valence electrons. The van der Waals surface area contributed by atoms with Crippen molar-refractivity contribution in [1.29, 1.82) is 0 Å². The van der Waals surface area contributed by atoms with Gasteiger partial charge in [0.2, 0.25) is 0 Å². The molecule has 0 saturated heterocycles. The molecule has 1 aromatic heterocycles. The van der Waals surface area contributed by atoms with Crippen LogP contribution in [-0.4, -0.2) is 20.9 Å².